The molecule has 3 nitrogen and oxygen atoms in total. The van der Waals surface area contributed by atoms with Crippen molar-refractivity contribution in [1.82, 2.24) is 0 Å². The molecule has 1 saturated heterocycles. The zero-order valence-electron chi connectivity index (χ0n) is 6.60. The van der Waals surface area contributed by atoms with E-state index in [9.17, 15) is 0 Å². The number of ether oxygens (including phenoxy) is 1. The van der Waals surface area contributed by atoms with Gasteiger partial charge in [-0.25, -0.2) is 5.53 Å². The van der Waals surface area contributed by atoms with Crippen LogP contribution in [0.25, 0.3) is 0 Å². The molecule has 0 atom stereocenters. The highest BCUT2D eigenvalue weighted by Crippen LogP contribution is 2.45. The monoisotopic (exact) mass is 153 g/mol. The Morgan fingerprint density at radius 2 is 2.27 bits per heavy atom. The van der Waals surface area contributed by atoms with Crippen molar-refractivity contribution in [3.05, 3.63) is 6.04 Å². The van der Waals surface area contributed by atoms with Crippen LogP contribution in [0.4, 0.5) is 0 Å². The van der Waals surface area contributed by atoms with Crippen LogP contribution in [0.3, 0.4) is 0 Å². The summed E-state index contributed by atoms with van der Waals surface area (Å²) in [5.41, 5.74) is 7.32. The molecule has 1 aliphatic carbocycles. The molecule has 2 fully saturated rings. The average Bonchev–Trinajstić information content (AvgIpc) is 2.02. The minimum absolute atomic E-state index is 0.401. The van der Waals surface area contributed by atoms with Gasteiger partial charge in [0.2, 0.25) is 0 Å². The molecule has 1 aliphatic heterocycles. The Balaban J connectivity index is 1.97. The van der Waals surface area contributed by atoms with Gasteiger partial charge in [0.1, 0.15) is 6.04 Å². The van der Waals surface area contributed by atoms with E-state index in [0.29, 0.717) is 5.41 Å². The summed E-state index contributed by atoms with van der Waals surface area (Å²) in [6, 6.07) is 1.07. The minimum Gasteiger partial charge on any atom is -0.380 e. The van der Waals surface area contributed by atoms with E-state index < -0.39 is 0 Å². The molecule has 1 saturated carbocycles. The van der Waals surface area contributed by atoms with Gasteiger partial charge in [-0.2, -0.15) is 5.11 Å². The van der Waals surface area contributed by atoms with Gasteiger partial charge in [-0.1, -0.05) is 6.42 Å². The lowest BCUT2D eigenvalue weighted by Crippen LogP contribution is -2.45. The van der Waals surface area contributed by atoms with Gasteiger partial charge in [-0.3, -0.25) is 0 Å². The molecule has 0 aromatic heterocycles. The lowest BCUT2D eigenvalue weighted by molar-refractivity contribution is -0.127. The molecule has 2 rings (SSSR count). The lowest BCUT2D eigenvalue weighted by Gasteiger charge is -2.45. The molecule has 0 amide bonds. The number of rotatable bonds is 1. The quantitative estimate of drug-likeness (QED) is 0.576. The predicted octanol–water partition coefficient (Wildman–Crippen LogP) is 2.14. The van der Waals surface area contributed by atoms with E-state index in [-0.39, 0.29) is 0 Å². The smallest absolute Gasteiger partial charge is 0.109 e. The third-order valence-corrected chi connectivity index (χ3v) is 2.73. The van der Waals surface area contributed by atoms with Crippen LogP contribution < -0.4 is 0 Å². The fourth-order valence-corrected chi connectivity index (χ4v) is 2.01. The van der Waals surface area contributed by atoms with Crippen LogP contribution in [-0.2, 0) is 4.74 Å². The van der Waals surface area contributed by atoms with Gasteiger partial charge in [-0.15, -0.1) is 0 Å². The Kier molecular flexibility index (Phi) is 1.68. The molecule has 0 bridgehead atoms. The van der Waals surface area contributed by atoms with Crippen molar-refractivity contribution in [2.45, 2.75) is 25.7 Å². The van der Waals surface area contributed by atoms with Crippen LogP contribution in [-0.4, -0.2) is 13.2 Å². The minimum atomic E-state index is 0.401. The van der Waals surface area contributed by atoms with Crippen molar-refractivity contribution in [2.24, 2.45) is 10.5 Å². The van der Waals surface area contributed by atoms with Crippen molar-refractivity contribution >= 4 is 0 Å². The second kappa shape index (κ2) is 2.55. The summed E-state index contributed by atoms with van der Waals surface area (Å²) in [7, 11) is 0. The Bertz CT molecular complexity index is 165. The Morgan fingerprint density at radius 3 is 2.82 bits per heavy atom. The Labute approximate surface area is 66.6 Å². The first kappa shape index (κ1) is 7.22. The number of hydrogen-bond acceptors (Lipinski definition) is 3. The molecule has 1 N–H and O–H groups in total. The second-order valence-corrected chi connectivity index (χ2v) is 3.70. The maximum absolute atomic E-state index is 6.92. The van der Waals surface area contributed by atoms with E-state index in [4.69, 9.17) is 10.3 Å². The van der Waals surface area contributed by atoms with Gasteiger partial charge in [0, 0.05) is 5.41 Å². The van der Waals surface area contributed by atoms with Gasteiger partial charge in [0.25, 0.3) is 0 Å². The van der Waals surface area contributed by atoms with Gasteiger partial charge in [-0.05, 0) is 19.3 Å². The highest BCUT2D eigenvalue weighted by Gasteiger charge is 2.42. The fourth-order valence-electron chi connectivity index (χ4n) is 2.01. The summed E-state index contributed by atoms with van der Waals surface area (Å²) >= 11 is 0. The summed E-state index contributed by atoms with van der Waals surface area (Å²) in [5.74, 6) is 0. The van der Waals surface area contributed by atoms with Crippen molar-refractivity contribution in [3.8, 4) is 0 Å². The first-order chi connectivity index (χ1) is 5.35. The Morgan fingerprint density at radius 1 is 1.45 bits per heavy atom. The number of nitrogens with zero attached hydrogens (tertiary/aromatic N) is 1. The highest BCUT2D eigenvalue weighted by molar-refractivity contribution is 5.01. The van der Waals surface area contributed by atoms with E-state index in [1.54, 1.807) is 0 Å². The standard InChI is InChI=1S/C8H13N2O/c9-10-7-2-1-3-8(4-7)5-11-6-8/h9H,1-6H2. The Hall–Kier alpha value is -0.440. The first-order valence-electron chi connectivity index (χ1n) is 4.15. The highest BCUT2D eigenvalue weighted by atomic mass is 16.5. The van der Waals surface area contributed by atoms with Crippen LogP contribution in [0.15, 0.2) is 5.11 Å². The van der Waals surface area contributed by atoms with Crippen molar-refractivity contribution in [2.75, 3.05) is 13.2 Å². The summed E-state index contributed by atoms with van der Waals surface area (Å²) in [6.07, 6.45) is 4.51. The molecule has 2 aliphatic rings. The molecule has 0 aromatic carbocycles. The molecular formula is C8H13N2O. The molecule has 61 valence electrons. The summed E-state index contributed by atoms with van der Waals surface area (Å²) in [5, 5.41) is 3.54. The van der Waals surface area contributed by atoms with E-state index in [2.05, 4.69) is 5.11 Å². The normalized spacial score (nSPS) is 29.8. The van der Waals surface area contributed by atoms with Crippen LogP contribution in [0.5, 0.6) is 0 Å². The zero-order valence-corrected chi connectivity index (χ0v) is 6.60. The van der Waals surface area contributed by atoms with Crippen LogP contribution in [0.1, 0.15) is 25.7 Å². The molecule has 3 heteroatoms. The third-order valence-electron chi connectivity index (χ3n) is 2.73. The SMILES string of the molecule is N=N[C]1CCCC2(COC2)C1. The molecule has 11 heavy (non-hydrogen) atoms. The maximum Gasteiger partial charge on any atom is 0.109 e. The summed E-state index contributed by atoms with van der Waals surface area (Å²) in [4.78, 5) is 0. The average molecular weight is 153 g/mol. The largest absolute Gasteiger partial charge is 0.380 e. The fraction of sp³-hybridized carbons (Fsp3) is 0.875. The molecule has 1 radical (unpaired) electrons. The van der Waals surface area contributed by atoms with Crippen LogP contribution >= 0.6 is 0 Å². The van der Waals surface area contributed by atoms with Crippen LogP contribution in [0, 0.1) is 17.0 Å². The van der Waals surface area contributed by atoms with Crippen molar-refractivity contribution < 1.29 is 4.74 Å². The first-order valence-corrected chi connectivity index (χ1v) is 4.15. The number of hydrogen-bond donors (Lipinski definition) is 1. The van der Waals surface area contributed by atoms with Gasteiger partial charge < -0.3 is 4.74 Å². The topological polar surface area (TPSA) is 45.4 Å². The van der Waals surface area contributed by atoms with E-state index in [1.165, 1.54) is 12.8 Å². The van der Waals surface area contributed by atoms with Crippen molar-refractivity contribution in [1.29, 1.82) is 5.53 Å². The molecule has 0 unspecified atom stereocenters. The van der Waals surface area contributed by atoms with Gasteiger partial charge in [0.05, 0.1) is 13.2 Å². The summed E-state index contributed by atoms with van der Waals surface area (Å²) < 4.78 is 5.19. The van der Waals surface area contributed by atoms with E-state index in [0.717, 1.165) is 32.1 Å². The zero-order chi connectivity index (χ0) is 7.73. The lowest BCUT2D eigenvalue weighted by atomic mass is 9.71. The third kappa shape index (κ3) is 1.18. The maximum atomic E-state index is 6.92. The van der Waals surface area contributed by atoms with E-state index in [1.807, 2.05) is 0 Å². The summed E-state index contributed by atoms with van der Waals surface area (Å²) in [6.45, 7) is 1.79. The van der Waals surface area contributed by atoms with Crippen molar-refractivity contribution in [3.63, 3.8) is 0 Å². The predicted molar refractivity (Wildman–Crippen MR) is 40.1 cm³/mol. The van der Waals surface area contributed by atoms with Gasteiger partial charge in [0.15, 0.2) is 0 Å². The van der Waals surface area contributed by atoms with Crippen LogP contribution in [0.2, 0.25) is 0 Å². The molecular weight excluding hydrogens is 140 g/mol. The molecule has 1 spiro atoms. The van der Waals surface area contributed by atoms with E-state index >= 15 is 0 Å². The van der Waals surface area contributed by atoms with Gasteiger partial charge >= 0.3 is 0 Å². The number of nitrogens with one attached hydrogen (secondary N) is 1. The molecule has 1 heterocycles. The second-order valence-electron chi connectivity index (χ2n) is 3.70. The molecule has 0 aromatic rings.